The number of carbonyl (C=O) groups excluding carboxylic acids is 1. The maximum absolute atomic E-state index is 13.5. The molecule has 1 amide bonds. The number of hydrogen-bond acceptors (Lipinski definition) is 4. The summed E-state index contributed by atoms with van der Waals surface area (Å²) in [6.07, 6.45) is 0. The van der Waals surface area contributed by atoms with Gasteiger partial charge in [-0.05, 0) is 24.3 Å². The lowest BCUT2D eigenvalue weighted by atomic mass is 10.2. The highest BCUT2D eigenvalue weighted by Crippen LogP contribution is 2.22. The molecule has 2 rings (SSSR count). The first-order valence-corrected chi connectivity index (χ1v) is 5.52. The molecule has 0 aliphatic heterocycles. The van der Waals surface area contributed by atoms with Crippen molar-refractivity contribution in [2.24, 2.45) is 5.73 Å². The van der Waals surface area contributed by atoms with Crippen LogP contribution in [0.1, 0.15) is 26.7 Å². The standard InChI is InChI=1S/C13H10FNO5/c14-8-2-1-3-9(11(8)12(15)16)19-6-7-4-5-10(20-7)13(17)18/h1-5H,6H2,(H2,15,16)(H,17,18). The van der Waals surface area contributed by atoms with Crippen LogP contribution in [0.25, 0.3) is 0 Å². The number of carboxylic acid groups (broad SMARTS) is 1. The number of furan rings is 1. The van der Waals surface area contributed by atoms with Crippen molar-refractivity contribution in [3.05, 3.63) is 53.2 Å². The van der Waals surface area contributed by atoms with E-state index < -0.39 is 17.7 Å². The second-order valence-electron chi connectivity index (χ2n) is 3.84. The van der Waals surface area contributed by atoms with Crippen LogP contribution >= 0.6 is 0 Å². The zero-order chi connectivity index (χ0) is 14.7. The Hall–Kier alpha value is -2.83. The number of ether oxygens (including phenoxy) is 1. The smallest absolute Gasteiger partial charge is 0.371 e. The number of nitrogens with two attached hydrogens (primary N) is 1. The van der Waals surface area contributed by atoms with Crippen LogP contribution in [0.3, 0.4) is 0 Å². The van der Waals surface area contributed by atoms with Gasteiger partial charge in [0.05, 0.1) is 0 Å². The lowest BCUT2D eigenvalue weighted by molar-refractivity contribution is 0.0658. The Morgan fingerprint density at radius 1 is 1.30 bits per heavy atom. The molecule has 0 fully saturated rings. The largest absolute Gasteiger partial charge is 0.485 e. The van der Waals surface area contributed by atoms with Crippen LogP contribution in [0.2, 0.25) is 0 Å². The minimum Gasteiger partial charge on any atom is -0.485 e. The number of carboxylic acids is 1. The number of rotatable bonds is 5. The summed E-state index contributed by atoms with van der Waals surface area (Å²) in [4.78, 5) is 21.8. The monoisotopic (exact) mass is 279 g/mol. The minimum absolute atomic E-state index is 0.0363. The Labute approximate surface area is 112 Å². The molecule has 7 heteroatoms. The van der Waals surface area contributed by atoms with Gasteiger partial charge in [-0.3, -0.25) is 4.79 Å². The molecule has 0 aliphatic carbocycles. The van der Waals surface area contributed by atoms with E-state index in [1.807, 2.05) is 0 Å². The lowest BCUT2D eigenvalue weighted by Gasteiger charge is -2.08. The van der Waals surface area contributed by atoms with Gasteiger partial charge in [-0.15, -0.1) is 0 Å². The molecule has 0 saturated carbocycles. The molecule has 0 unspecified atom stereocenters. The fourth-order valence-corrected chi connectivity index (χ4v) is 1.58. The van der Waals surface area contributed by atoms with Crippen molar-refractivity contribution in [3.8, 4) is 5.75 Å². The van der Waals surface area contributed by atoms with Crippen molar-refractivity contribution >= 4 is 11.9 Å². The van der Waals surface area contributed by atoms with Crippen LogP contribution in [-0.4, -0.2) is 17.0 Å². The van der Waals surface area contributed by atoms with Crippen LogP contribution in [0.15, 0.2) is 34.7 Å². The molecule has 3 N–H and O–H groups in total. The fourth-order valence-electron chi connectivity index (χ4n) is 1.58. The highest BCUT2D eigenvalue weighted by atomic mass is 19.1. The van der Waals surface area contributed by atoms with Gasteiger partial charge in [-0.2, -0.15) is 0 Å². The fraction of sp³-hybridized carbons (Fsp3) is 0.0769. The Kier molecular flexibility index (Phi) is 3.69. The molecule has 1 heterocycles. The van der Waals surface area contributed by atoms with E-state index in [0.29, 0.717) is 0 Å². The third kappa shape index (κ3) is 2.77. The van der Waals surface area contributed by atoms with E-state index in [9.17, 15) is 14.0 Å². The van der Waals surface area contributed by atoms with E-state index in [1.165, 1.54) is 24.3 Å². The number of hydrogen-bond donors (Lipinski definition) is 2. The van der Waals surface area contributed by atoms with Gasteiger partial charge >= 0.3 is 5.97 Å². The summed E-state index contributed by atoms with van der Waals surface area (Å²) in [5.74, 6) is -3.00. The normalized spacial score (nSPS) is 10.2. The summed E-state index contributed by atoms with van der Waals surface area (Å²) in [5.41, 5.74) is 4.70. The van der Waals surface area contributed by atoms with Gasteiger partial charge < -0.3 is 20.0 Å². The second kappa shape index (κ2) is 5.43. The van der Waals surface area contributed by atoms with Gasteiger partial charge in [0.15, 0.2) is 0 Å². The first-order valence-electron chi connectivity index (χ1n) is 5.52. The quantitative estimate of drug-likeness (QED) is 0.868. The number of aromatic carboxylic acids is 1. The van der Waals surface area contributed by atoms with E-state index in [1.54, 1.807) is 0 Å². The first-order chi connectivity index (χ1) is 9.49. The average Bonchev–Trinajstić information content (AvgIpc) is 2.84. The number of halogens is 1. The van der Waals surface area contributed by atoms with Crippen molar-refractivity contribution in [1.29, 1.82) is 0 Å². The van der Waals surface area contributed by atoms with Crippen LogP contribution in [0.4, 0.5) is 4.39 Å². The third-order valence-electron chi connectivity index (χ3n) is 2.46. The summed E-state index contributed by atoms with van der Waals surface area (Å²) < 4.78 is 23.6. The van der Waals surface area contributed by atoms with Crippen LogP contribution in [0, 0.1) is 5.82 Å². The molecule has 0 aliphatic rings. The number of primary amides is 1. The molecule has 1 aromatic heterocycles. The van der Waals surface area contributed by atoms with Crippen molar-refractivity contribution in [2.45, 2.75) is 6.61 Å². The van der Waals surface area contributed by atoms with E-state index in [2.05, 4.69) is 0 Å². The van der Waals surface area contributed by atoms with Crippen molar-refractivity contribution in [3.63, 3.8) is 0 Å². The summed E-state index contributed by atoms with van der Waals surface area (Å²) in [7, 11) is 0. The van der Waals surface area contributed by atoms with Gasteiger partial charge in [0.25, 0.3) is 5.91 Å². The summed E-state index contributed by atoms with van der Waals surface area (Å²) in [6, 6.07) is 6.50. The Bertz CT molecular complexity index is 665. The topological polar surface area (TPSA) is 103 Å². The SMILES string of the molecule is NC(=O)c1c(F)cccc1OCc1ccc(C(=O)O)o1. The van der Waals surface area contributed by atoms with Gasteiger partial charge in [-0.25, -0.2) is 9.18 Å². The maximum atomic E-state index is 13.5. The van der Waals surface area contributed by atoms with Crippen molar-refractivity contribution in [1.82, 2.24) is 0 Å². The minimum atomic E-state index is -1.21. The highest BCUT2D eigenvalue weighted by molar-refractivity contribution is 5.95. The van der Waals surface area contributed by atoms with Crippen molar-refractivity contribution < 1.29 is 28.2 Å². The molecule has 1 aromatic carbocycles. The predicted molar refractivity (Wildman–Crippen MR) is 64.9 cm³/mol. The van der Waals surface area contributed by atoms with Crippen LogP contribution < -0.4 is 10.5 Å². The lowest BCUT2D eigenvalue weighted by Crippen LogP contribution is -2.15. The summed E-state index contributed by atoms with van der Waals surface area (Å²) >= 11 is 0. The third-order valence-corrected chi connectivity index (χ3v) is 2.46. The molecule has 20 heavy (non-hydrogen) atoms. The average molecular weight is 279 g/mol. The Morgan fingerprint density at radius 3 is 2.65 bits per heavy atom. The second-order valence-corrected chi connectivity index (χ2v) is 3.84. The predicted octanol–water partition coefficient (Wildman–Crippen LogP) is 1.79. The number of carbonyl (C=O) groups is 2. The van der Waals surface area contributed by atoms with Gasteiger partial charge in [0.1, 0.15) is 29.5 Å². The molecule has 104 valence electrons. The molecular formula is C13H10FNO5. The van der Waals surface area contributed by atoms with Gasteiger partial charge in [-0.1, -0.05) is 6.07 Å². The Morgan fingerprint density at radius 2 is 2.05 bits per heavy atom. The van der Waals surface area contributed by atoms with E-state index >= 15 is 0 Å². The van der Waals surface area contributed by atoms with E-state index in [-0.39, 0.29) is 29.4 Å². The number of amides is 1. The molecule has 0 radical (unpaired) electrons. The van der Waals surface area contributed by atoms with E-state index in [0.717, 1.165) is 6.07 Å². The molecule has 2 aromatic rings. The molecular weight excluding hydrogens is 269 g/mol. The molecule has 0 atom stereocenters. The first kappa shape index (κ1) is 13.6. The van der Waals surface area contributed by atoms with Crippen LogP contribution in [-0.2, 0) is 6.61 Å². The molecule has 0 spiro atoms. The summed E-state index contributed by atoms with van der Waals surface area (Å²) in [5, 5.41) is 8.69. The Balaban J connectivity index is 2.16. The molecule has 6 nitrogen and oxygen atoms in total. The van der Waals surface area contributed by atoms with Crippen LogP contribution in [0.5, 0.6) is 5.75 Å². The van der Waals surface area contributed by atoms with E-state index in [4.69, 9.17) is 20.0 Å². The zero-order valence-corrected chi connectivity index (χ0v) is 10.1. The highest BCUT2D eigenvalue weighted by Gasteiger charge is 2.16. The van der Waals surface area contributed by atoms with Crippen molar-refractivity contribution in [2.75, 3.05) is 0 Å². The maximum Gasteiger partial charge on any atom is 0.371 e. The van der Waals surface area contributed by atoms with Gasteiger partial charge in [0, 0.05) is 0 Å². The zero-order valence-electron chi connectivity index (χ0n) is 10.1. The van der Waals surface area contributed by atoms with Gasteiger partial charge in [0.2, 0.25) is 5.76 Å². The summed E-state index contributed by atoms with van der Waals surface area (Å²) in [6.45, 7) is -0.156. The number of benzene rings is 1. The molecule has 0 bridgehead atoms. The molecule has 0 saturated heterocycles.